The molecule has 0 bridgehead atoms. The second-order valence-corrected chi connectivity index (χ2v) is 6.48. The van der Waals surface area contributed by atoms with Gasteiger partial charge in [-0.2, -0.15) is 0 Å². The molecule has 1 heterocycles. The van der Waals surface area contributed by atoms with E-state index in [0.29, 0.717) is 0 Å². The SMILES string of the molecule is CCCNCc1cc2ccccc2n1CCOC(C)(C)C. The number of benzene rings is 1. The summed E-state index contributed by atoms with van der Waals surface area (Å²) in [6, 6.07) is 10.9. The van der Waals surface area contributed by atoms with Crippen LogP contribution in [0.2, 0.25) is 0 Å². The normalized spacial score (nSPS) is 12.2. The van der Waals surface area contributed by atoms with E-state index in [1.165, 1.54) is 16.6 Å². The lowest BCUT2D eigenvalue weighted by Crippen LogP contribution is -2.23. The number of hydrogen-bond donors (Lipinski definition) is 1. The number of aromatic nitrogens is 1. The lowest BCUT2D eigenvalue weighted by Gasteiger charge is -2.20. The third-order valence-electron chi connectivity index (χ3n) is 3.48. The van der Waals surface area contributed by atoms with Crippen molar-refractivity contribution in [1.82, 2.24) is 9.88 Å². The summed E-state index contributed by atoms with van der Waals surface area (Å²) in [5.74, 6) is 0. The fraction of sp³-hybridized carbons (Fsp3) is 0.556. The molecule has 1 aromatic heterocycles. The zero-order chi connectivity index (χ0) is 15.3. The first-order valence-electron chi connectivity index (χ1n) is 7.93. The van der Waals surface area contributed by atoms with Crippen molar-refractivity contribution in [2.24, 2.45) is 0 Å². The van der Waals surface area contributed by atoms with E-state index in [4.69, 9.17) is 4.74 Å². The maximum absolute atomic E-state index is 5.89. The summed E-state index contributed by atoms with van der Waals surface area (Å²) in [5.41, 5.74) is 2.55. The van der Waals surface area contributed by atoms with E-state index in [1.807, 2.05) is 0 Å². The third kappa shape index (κ3) is 4.58. The molecule has 1 aromatic carbocycles. The van der Waals surface area contributed by atoms with Crippen LogP contribution in [0.4, 0.5) is 0 Å². The predicted octanol–water partition coefficient (Wildman–Crippen LogP) is 3.96. The Kier molecular flexibility index (Phi) is 5.43. The van der Waals surface area contributed by atoms with Crippen LogP contribution >= 0.6 is 0 Å². The second kappa shape index (κ2) is 7.10. The number of para-hydroxylation sites is 1. The topological polar surface area (TPSA) is 26.2 Å². The van der Waals surface area contributed by atoms with Gasteiger partial charge in [0.15, 0.2) is 0 Å². The molecule has 0 aliphatic carbocycles. The Hall–Kier alpha value is -1.32. The highest BCUT2D eigenvalue weighted by molar-refractivity contribution is 5.81. The smallest absolute Gasteiger partial charge is 0.0652 e. The molecule has 3 nitrogen and oxygen atoms in total. The fourth-order valence-corrected chi connectivity index (χ4v) is 2.51. The van der Waals surface area contributed by atoms with Crippen molar-refractivity contribution >= 4 is 10.9 Å². The average molecular weight is 288 g/mol. The predicted molar refractivity (Wildman–Crippen MR) is 89.6 cm³/mol. The number of nitrogens with one attached hydrogen (secondary N) is 1. The Morgan fingerprint density at radius 3 is 2.67 bits per heavy atom. The molecule has 0 saturated heterocycles. The molecule has 0 atom stereocenters. The third-order valence-corrected chi connectivity index (χ3v) is 3.48. The van der Waals surface area contributed by atoms with Crippen LogP contribution in [0.15, 0.2) is 30.3 Å². The van der Waals surface area contributed by atoms with Crippen molar-refractivity contribution in [3.05, 3.63) is 36.0 Å². The minimum atomic E-state index is -0.0798. The van der Waals surface area contributed by atoms with Gasteiger partial charge in [0.25, 0.3) is 0 Å². The van der Waals surface area contributed by atoms with Gasteiger partial charge in [-0.1, -0.05) is 25.1 Å². The first-order valence-corrected chi connectivity index (χ1v) is 7.93. The maximum Gasteiger partial charge on any atom is 0.0652 e. The highest BCUT2D eigenvalue weighted by Gasteiger charge is 2.12. The number of rotatable bonds is 7. The molecule has 21 heavy (non-hydrogen) atoms. The zero-order valence-corrected chi connectivity index (χ0v) is 13.8. The van der Waals surface area contributed by atoms with Gasteiger partial charge in [0, 0.05) is 24.3 Å². The first-order chi connectivity index (χ1) is 10.0. The van der Waals surface area contributed by atoms with Gasteiger partial charge >= 0.3 is 0 Å². The van der Waals surface area contributed by atoms with E-state index < -0.39 is 0 Å². The molecular weight excluding hydrogens is 260 g/mol. The van der Waals surface area contributed by atoms with Gasteiger partial charge in [0.05, 0.1) is 12.2 Å². The largest absolute Gasteiger partial charge is 0.374 e. The lowest BCUT2D eigenvalue weighted by atomic mass is 10.2. The van der Waals surface area contributed by atoms with Crippen LogP contribution in [-0.2, 0) is 17.8 Å². The molecule has 0 aliphatic rings. The molecular formula is C18H28N2O. The Labute approximate surface area is 128 Å². The zero-order valence-electron chi connectivity index (χ0n) is 13.8. The van der Waals surface area contributed by atoms with E-state index in [9.17, 15) is 0 Å². The second-order valence-electron chi connectivity index (χ2n) is 6.48. The van der Waals surface area contributed by atoms with Gasteiger partial charge in [-0.15, -0.1) is 0 Å². The van der Waals surface area contributed by atoms with Crippen LogP contribution in [0.5, 0.6) is 0 Å². The Balaban J connectivity index is 2.15. The quantitative estimate of drug-likeness (QED) is 0.781. The molecule has 0 saturated carbocycles. The van der Waals surface area contributed by atoms with Crippen molar-refractivity contribution in [3.63, 3.8) is 0 Å². The highest BCUT2D eigenvalue weighted by Crippen LogP contribution is 2.20. The van der Waals surface area contributed by atoms with Gasteiger partial charge in [0.1, 0.15) is 0 Å². The Morgan fingerprint density at radius 2 is 1.95 bits per heavy atom. The molecule has 0 unspecified atom stereocenters. The van der Waals surface area contributed by atoms with Crippen molar-refractivity contribution in [3.8, 4) is 0 Å². The summed E-state index contributed by atoms with van der Waals surface area (Å²) in [6.07, 6.45) is 1.16. The summed E-state index contributed by atoms with van der Waals surface area (Å²) in [7, 11) is 0. The molecule has 0 spiro atoms. The number of ether oxygens (including phenoxy) is 1. The summed E-state index contributed by atoms with van der Waals surface area (Å²) in [5, 5.41) is 4.80. The summed E-state index contributed by atoms with van der Waals surface area (Å²) >= 11 is 0. The van der Waals surface area contributed by atoms with E-state index in [1.54, 1.807) is 0 Å². The summed E-state index contributed by atoms with van der Waals surface area (Å²) < 4.78 is 8.27. The minimum absolute atomic E-state index is 0.0798. The molecule has 0 amide bonds. The van der Waals surface area contributed by atoms with Crippen molar-refractivity contribution in [1.29, 1.82) is 0 Å². The molecule has 0 fully saturated rings. The molecule has 2 aromatic rings. The Bertz CT molecular complexity index is 566. The average Bonchev–Trinajstić information content (AvgIpc) is 2.76. The maximum atomic E-state index is 5.89. The lowest BCUT2D eigenvalue weighted by molar-refractivity contribution is -0.00667. The first kappa shape index (κ1) is 16.1. The van der Waals surface area contributed by atoms with Crippen LogP contribution in [0.3, 0.4) is 0 Å². The van der Waals surface area contributed by atoms with Crippen LogP contribution < -0.4 is 5.32 Å². The highest BCUT2D eigenvalue weighted by atomic mass is 16.5. The fourth-order valence-electron chi connectivity index (χ4n) is 2.51. The molecule has 0 aliphatic heterocycles. The summed E-state index contributed by atoms with van der Waals surface area (Å²) in [6.45, 7) is 12.1. The van der Waals surface area contributed by atoms with Crippen molar-refractivity contribution < 1.29 is 4.74 Å². The molecule has 2 rings (SSSR count). The number of fused-ring (bicyclic) bond motifs is 1. The van der Waals surface area contributed by atoms with Gasteiger partial charge in [-0.3, -0.25) is 0 Å². The van der Waals surface area contributed by atoms with Gasteiger partial charge in [-0.25, -0.2) is 0 Å². The van der Waals surface area contributed by atoms with Gasteiger partial charge in [0.2, 0.25) is 0 Å². The van der Waals surface area contributed by atoms with Gasteiger partial charge < -0.3 is 14.6 Å². The Morgan fingerprint density at radius 1 is 1.19 bits per heavy atom. The molecule has 0 radical (unpaired) electrons. The van der Waals surface area contributed by atoms with E-state index >= 15 is 0 Å². The van der Waals surface area contributed by atoms with E-state index in [-0.39, 0.29) is 5.60 Å². The molecule has 1 N–H and O–H groups in total. The minimum Gasteiger partial charge on any atom is -0.374 e. The van der Waals surface area contributed by atoms with Crippen LogP contribution in [0.25, 0.3) is 10.9 Å². The van der Waals surface area contributed by atoms with Gasteiger partial charge in [-0.05, 0) is 51.3 Å². The van der Waals surface area contributed by atoms with Crippen molar-refractivity contribution in [2.75, 3.05) is 13.2 Å². The molecule has 3 heteroatoms. The monoisotopic (exact) mass is 288 g/mol. The van der Waals surface area contributed by atoms with E-state index in [0.717, 1.165) is 32.7 Å². The van der Waals surface area contributed by atoms with Crippen molar-refractivity contribution in [2.45, 2.75) is 52.8 Å². The standard InChI is InChI=1S/C18H28N2O/c1-5-10-19-14-16-13-15-8-6-7-9-17(15)20(16)11-12-21-18(2,3)4/h6-9,13,19H,5,10-12,14H2,1-4H3. The van der Waals surface area contributed by atoms with Crippen LogP contribution in [-0.4, -0.2) is 23.3 Å². The van der Waals surface area contributed by atoms with Crippen LogP contribution in [0, 0.1) is 0 Å². The number of hydrogen-bond acceptors (Lipinski definition) is 2. The van der Waals surface area contributed by atoms with Crippen LogP contribution in [0.1, 0.15) is 39.8 Å². The van der Waals surface area contributed by atoms with E-state index in [2.05, 4.69) is 67.9 Å². The molecule has 116 valence electrons. The summed E-state index contributed by atoms with van der Waals surface area (Å²) in [4.78, 5) is 0. The number of nitrogens with zero attached hydrogens (tertiary/aromatic N) is 1.